The highest BCUT2D eigenvalue weighted by Crippen LogP contribution is 2.32. The van der Waals surface area contributed by atoms with Gasteiger partial charge in [0.1, 0.15) is 0 Å². The number of nitrogens with two attached hydrogens (primary N) is 1. The van der Waals surface area contributed by atoms with Gasteiger partial charge in [0, 0.05) is 17.3 Å². The molecule has 7 nitrogen and oxygen atoms in total. The minimum atomic E-state index is -0.632. The van der Waals surface area contributed by atoms with Crippen molar-refractivity contribution in [3.05, 3.63) is 56.1 Å². The molecule has 0 aromatic heterocycles. The standard InChI is InChI=1S/C14H11Cl2N3O4/c1-23-12-3-2-7(4-11(12)19(21)22)14(20)18-8-5-9(15)13(17)10(16)6-8/h2-6H,17H2,1H3,(H,18,20). The Bertz CT molecular complexity index is 773. The number of halogens is 2. The first kappa shape index (κ1) is 16.9. The molecule has 2 aromatic rings. The largest absolute Gasteiger partial charge is 0.490 e. The molecule has 1 amide bonds. The Kier molecular flexibility index (Phi) is 4.92. The molecule has 0 aliphatic heterocycles. The third kappa shape index (κ3) is 3.64. The lowest BCUT2D eigenvalue weighted by Crippen LogP contribution is -2.12. The van der Waals surface area contributed by atoms with E-state index < -0.39 is 10.8 Å². The normalized spacial score (nSPS) is 10.2. The first-order valence-corrected chi connectivity index (χ1v) is 6.97. The van der Waals surface area contributed by atoms with Gasteiger partial charge in [-0.15, -0.1) is 0 Å². The zero-order valence-corrected chi connectivity index (χ0v) is 13.3. The van der Waals surface area contributed by atoms with Crippen molar-refractivity contribution < 1.29 is 14.5 Å². The van der Waals surface area contributed by atoms with Crippen LogP contribution in [0, 0.1) is 10.1 Å². The van der Waals surface area contributed by atoms with Crippen LogP contribution in [0.2, 0.25) is 10.0 Å². The molecule has 9 heteroatoms. The summed E-state index contributed by atoms with van der Waals surface area (Å²) in [6, 6.07) is 6.73. The van der Waals surface area contributed by atoms with Gasteiger partial charge in [-0.05, 0) is 24.3 Å². The summed E-state index contributed by atoms with van der Waals surface area (Å²) in [5, 5.41) is 13.9. The number of anilines is 2. The van der Waals surface area contributed by atoms with Gasteiger partial charge in [-0.3, -0.25) is 14.9 Å². The summed E-state index contributed by atoms with van der Waals surface area (Å²) in [7, 11) is 1.31. The summed E-state index contributed by atoms with van der Waals surface area (Å²) in [6.45, 7) is 0. The third-order valence-corrected chi connectivity index (χ3v) is 3.60. The van der Waals surface area contributed by atoms with Crippen molar-refractivity contribution in [1.29, 1.82) is 0 Å². The molecule has 0 saturated heterocycles. The number of nitro benzene ring substituents is 1. The van der Waals surface area contributed by atoms with E-state index in [1.54, 1.807) is 0 Å². The monoisotopic (exact) mass is 355 g/mol. The number of hydrogen-bond donors (Lipinski definition) is 2. The van der Waals surface area contributed by atoms with Crippen molar-refractivity contribution in [2.75, 3.05) is 18.2 Å². The summed E-state index contributed by atoms with van der Waals surface area (Å²) in [5.74, 6) is -0.502. The second-order valence-electron chi connectivity index (χ2n) is 4.45. The van der Waals surface area contributed by atoms with Gasteiger partial charge in [0.05, 0.1) is 27.8 Å². The van der Waals surface area contributed by atoms with E-state index in [4.69, 9.17) is 33.7 Å². The van der Waals surface area contributed by atoms with E-state index in [-0.39, 0.29) is 32.7 Å². The molecule has 0 heterocycles. The Hall–Kier alpha value is -2.51. The molecule has 0 fully saturated rings. The van der Waals surface area contributed by atoms with Gasteiger partial charge in [-0.25, -0.2) is 0 Å². The average Bonchev–Trinajstić information content (AvgIpc) is 2.51. The Labute approximate surface area is 141 Å². The Morgan fingerprint density at radius 3 is 2.39 bits per heavy atom. The van der Waals surface area contributed by atoms with E-state index in [0.717, 1.165) is 6.07 Å². The van der Waals surface area contributed by atoms with E-state index in [2.05, 4.69) is 5.32 Å². The fourth-order valence-electron chi connectivity index (χ4n) is 1.83. The Morgan fingerprint density at radius 1 is 1.26 bits per heavy atom. The van der Waals surface area contributed by atoms with Gasteiger partial charge in [0.2, 0.25) is 0 Å². The number of methoxy groups -OCH3 is 1. The molecule has 0 atom stereocenters. The number of nitro groups is 1. The molecule has 2 rings (SSSR count). The third-order valence-electron chi connectivity index (χ3n) is 2.97. The number of nitrogens with zero attached hydrogens (tertiary/aromatic N) is 1. The Morgan fingerprint density at radius 2 is 1.87 bits per heavy atom. The van der Waals surface area contributed by atoms with Crippen molar-refractivity contribution >= 4 is 46.2 Å². The van der Waals surface area contributed by atoms with E-state index >= 15 is 0 Å². The van der Waals surface area contributed by atoms with Crippen LogP contribution in [0.25, 0.3) is 0 Å². The highest BCUT2D eigenvalue weighted by atomic mass is 35.5. The lowest BCUT2D eigenvalue weighted by molar-refractivity contribution is -0.385. The van der Waals surface area contributed by atoms with Crippen LogP contribution in [0.3, 0.4) is 0 Å². The second-order valence-corrected chi connectivity index (χ2v) is 5.27. The highest BCUT2D eigenvalue weighted by molar-refractivity contribution is 6.39. The molecule has 0 unspecified atom stereocenters. The minimum Gasteiger partial charge on any atom is -0.490 e. The first-order chi connectivity index (χ1) is 10.8. The van der Waals surface area contributed by atoms with Crippen molar-refractivity contribution in [2.24, 2.45) is 0 Å². The van der Waals surface area contributed by atoms with Gasteiger partial charge >= 0.3 is 5.69 Å². The maximum absolute atomic E-state index is 12.2. The van der Waals surface area contributed by atoms with E-state index in [0.29, 0.717) is 5.69 Å². The zero-order valence-electron chi connectivity index (χ0n) is 11.8. The van der Waals surface area contributed by atoms with E-state index in [1.807, 2.05) is 0 Å². The molecule has 0 radical (unpaired) electrons. The lowest BCUT2D eigenvalue weighted by atomic mass is 10.1. The lowest BCUT2D eigenvalue weighted by Gasteiger charge is -2.09. The van der Waals surface area contributed by atoms with Crippen LogP contribution >= 0.6 is 23.2 Å². The number of carbonyl (C=O) groups is 1. The first-order valence-electron chi connectivity index (χ1n) is 6.21. The van der Waals surface area contributed by atoms with Crippen molar-refractivity contribution in [1.82, 2.24) is 0 Å². The number of rotatable bonds is 4. The number of nitrogen functional groups attached to an aromatic ring is 1. The number of hydrogen-bond acceptors (Lipinski definition) is 5. The topological polar surface area (TPSA) is 107 Å². The van der Waals surface area contributed by atoms with Crippen LogP contribution in [0.1, 0.15) is 10.4 Å². The van der Waals surface area contributed by atoms with Crippen LogP contribution in [-0.4, -0.2) is 17.9 Å². The van der Waals surface area contributed by atoms with Crippen LogP contribution in [0.5, 0.6) is 5.75 Å². The molecule has 3 N–H and O–H groups in total. The Balaban J connectivity index is 2.31. The van der Waals surface area contributed by atoms with Crippen LogP contribution < -0.4 is 15.8 Å². The molecule has 0 aliphatic carbocycles. The number of benzene rings is 2. The molecular weight excluding hydrogens is 345 g/mol. The fourth-order valence-corrected chi connectivity index (χ4v) is 2.32. The number of ether oxygens (including phenoxy) is 1. The molecule has 120 valence electrons. The van der Waals surface area contributed by atoms with Gasteiger partial charge in [0.25, 0.3) is 5.91 Å². The predicted molar refractivity (Wildman–Crippen MR) is 88.5 cm³/mol. The van der Waals surface area contributed by atoms with Gasteiger partial charge in [-0.1, -0.05) is 23.2 Å². The number of carbonyl (C=O) groups excluding carboxylic acids is 1. The summed E-state index contributed by atoms with van der Waals surface area (Å²) in [5.41, 5.74) is 5.90. The van der Waals surface area contributed by atoms with Crippen molar-refractivity contribution in [3.8, 4) is 5.75 Å². The zero-order chi connectivity index (χ0) is 17.1. The summed E-state index contributed by atoms with van der Waals surface area (Å²) < 4.78 is 4.88. The molecule has 0 bridgehead atoms. The molecule has 0 spiro atoms. The SMILES string of the molecule is COc1ccc(C(=O)Nc2cc(Cl)c(N)c(Cl)c2)cc1[N+](=O)[O-]. The van der Waals surface area contributed by atoms with Crippen molar-refractivity contribution in [2.45, 2.75) is 0 Å². The predicted octanol–water partition coefficient (Wildman–Crippen LogP) is 3.74. The van der Waals surface area contributed by atoms with Crippen LogP contribution in [0.15, 0.2) is 30.3 Å². The molecule has 0 saturated carbocycles. The van der Waals surface area contributed by atoms with Crippen LogP contribution in [0.4, 0.5) is 17.1 Å². The van der Waals surface area contributed by atoms with E-state index in [9.17, 15) is 14.9 Å². The van der Waals surface area contributed by atoms with E-state index in [1.165, 1.54) is 31.4 Å². The number of amides is 1. The van der Waals surface area contributed by atoms with Gasteiger partial charge < -0.3 is 15.8 Å². The van der Waals surface area contributed by atoms with Crippen LogP contribution in [-0.2, 0) is 0 Å². The quantitative estimate of drug-likeness (QED) is 0.493. The maximum atomic E-state index is 12.2. The van der Waals surface area contributed by atoms with Crippen molar-refractivity contribution in [3.63, 3.8) is 0 Å². The highest BCUT2D eigenvalue weighted by Gasteiger charge is 2.18. The molecule has 2 aromatic carbocycles. The summed E-state index contributed by atoms with van der Waals surface area (Å²) in [4.78, 5) is 22.6. The number of nitrogens with one attached hydrogen (secondary N) is 1. The second kappa shape index (κ2) is 6.72. The summed E-state index contributed by atoms with van der Waals surface area (Å²) in [6.07, 6.45) is 0. The minimum absolute atomic E-state index is 0.0603. The fraction of sp³-hybridized carbons (Fsp3) is 0.0714. The molecular formula is C14H11Cl2N3O4. The van der Waals surface area contributed by atoms with Gasteiger partial charge in [0.15, 0.2) is 5.75 Å². The molecule has 0 aliphatic rings. The maximum Gasteiger partial charge on any atom is 0.311 e. The van der Waals surface area contributed by atoms with Gasteiger partial charge in [-0.2, -0.15) is 0 Å². The summed E-state index contributed by atoms with van der Waals surface area (Å²) >= 11 is 11.8. The average molecular weight is 356 g/mol. The molecule has 23 heavy (non-hydrogen) atoms. The smallest absolute Gasteiger partial charge is 0.311 e.